The van der Waals surface area contributed by atoms with E-state index >= 15 is 0 Å². The Morgan fingerprint density at radius 3 is 2.79 bits per heavy atom. The summed E-state index contributed by atoms with van der Waals surface area (Å²) in [6.45, 7) is 1.98. The van der Waals surface area contributed by atoms with Crippen LogP contribution in [0.2, 0.25) is 0 Å². The fourth-order valence-electron chi connectivity index (χ4n) is 4.09. The van der Waals surface area contributed by atoms with Crippen LogP contribution in [0.3, 0.4) is 0 Å². The number of benzene rings is 1. The number of ether oxygens (including phenoxy) is 1. The van der Waals surface area contributed by atoms with Crippen LogP contribution in [0.4, 0.5) is 17.2 Å². The van der Waals surface area contributed by atoms with E-state index in [0.29, 0.717) is 41.7 Å². The largest absolute Gasteiger partial charge is 0.494 e. The molecule has 2 aromatic heterocycles. The Labute approximate surface area is 222 Å². The average molecular weight is 521 g/mol. The monoisotopic (exact) mass is 520 g/mol. The minimum absolute atomic E-state index is 0.0824. The zero-order chi connectivity index (χ0) is 29.3. The molecule has 0 spiro atoms. The first-order valence-electron chi connectivity index (χ1n) is 13.4. The molecule has 0 atom stereocenters. The highest BCUT2D eigenvalue weighted by Crippen LogP contribution is 2.38. The summed E-state index contributed by atoms with van der Waals surface area (Å²) in [5.74, 6) is -0.117. The standard InChI is InChI=1S/C25H27N9O4/c1-4-20(35)33-10-11-34-19(13-33)29-23(32-34)15-6-5-7-16(22(15)38-3)27-17-12-18(28-24(36)14-8-9-14)30-31-21(17)25(37)26-2/h4-7,12,14H,1,8-11,13H2,2-3H3,(H,26,37)(H2,27,28,30,36)/i2D3. The number of rotatable bonds is 8. The number of carbonyl (C=O) groups excluding carboxylic acids is 3. The van der Waals surface area contributed by atoms with Gasteiger partial charge in [-0.25, -0.2) is 9.67 Å². The third kappa shape index (κ3) is 4.90. The van der Waals surface area contributed by atoms with Crippen LogP contribution in [0.1, 0.15) is 33.3 Å². The van der Waals surface area contributed by atoms with Gasteiger partial charge in [0.1, 0.15) is 5.82 Å². The van der Waals surface area contributed by atoms with Gasteiger partial charge >= 0.3 is 0 Å². The summed E-state index contributed by atoms with van der Waals surface area (Å²) in [5, 5.41) is 20.0. The first kappa shape index (κ1) is 21.3. The summed E-state index contributed by atoms with van der Waals surface area (Å²) in [6, 6.07) is 6.55. The zero-order valence-corrected chi connectivity index (χ0v) is 20.5. The van der Waals surface area contributed by atoms with Crippen LogP contribution >= 0.6 is 0 Å². The van der Waals surface area contributed by atoms with Crippen molar-refractivity contribution in [2.24, 2.45) is 5.92 Å². The van der Waals surface area contributed by atoms with Crippen LogP contribution in [0.15, 0.2) is 36.9 Å². The van der Waals surface area contributed by atoms with Crippen molar-refractivity contribution in [3.05, 3.63) is 48.4 Å². The zero-order valence-electron chi connectivity index (χ0n) is 23.5. The predicted octanol–water partition coefficient (Wildman–Crippen LogP) is 1.72. The number of hydrogen-bond acceptors (Lipinski definition) is 9. The van der Waals surface area contributed by atoms with Crippen LogP contribution in [0, 0.1) is 5.92 Å². The van der Waals surface area contributed by atoms with E-state index in [-0.39, 0.29) is 41.5 Å². The van der Waals surface area contributed by atoms with Crippen LogP contribution < -0.4 is 20.7 Å². The van der Waals surface area contributed by atoms with Crippen molar-refractivity contribution in [1.82, 2.24) is 35.2 Å². The van der Waals surface area contributed by atoms with Gasteiger partial charge in [-0.05, 0) is 31.1 Å². The maximum atomic E-state index is 12.8. The quantitative estimate of drug-likeness (QED) is 0.376. The molecule has 3 N–H and O–H groups in total. The second kappa shape index (κ2) is 10.3. The lowest BCUT2D eigenvalue weighted by Crippen LogP contribution is -2.37. The Morgan fingerprint density at radius 2 is 2.05 bits per heavy atom. The van der Waals surface area contributed by atoms with E-state index in [1.165, 1.54) is 19.3 Å². The molecule has 13 nitrogen and oxygen atoms in total. The summed E-state index contributed by atoms with van der Waals surface area (Å²) < 4.78 is 29.6. The Bertz CT molecular complexity index is 1530. The molecular formula is C25H27N9O4. The molecule has 1 aliphatic carbocycles. The number of fused-ring (bicyclic) bond motifs is 1. The lowest BCUT2D eigenvalue weighted by molar-refractivity contribution is -0.127. The van der Waals surface area contributed by atoms with Gasteiger partial charge in [-0.2, -0.15) is 5.10 Å². The van der Waals surface area contributed by atoms with E-state index in [2.05, 4.69) is 37.5 Å². The number of nitrogens with one attached hydrogen (secondary N) is 3. The smallest absolute Gasteiger partial charge is 0.273 e. The van der Waals surface area contributed by atoms with Gasteiger partial charge in [-0.3, -0.25) is 14.4 Å². The third-order valence-electron chi connectivity index (χ3n) is 6.20. The van der Waals surface area contributed by atoms with E-state index in [0.717, 1.165) is 12.8 Å². The first-order valence-corrected chi connectivity index (χ1v) is 11.9. The molecule has 0 unspecified atom stereocenters. The summed E-state index contributed by atoms with van der Waals surface area (Å²) >= 11 is 0. The summed E-state index contributed by atoms with van der Waals surface area (Å²) in [5.41, 5.74) is 0.690. The van der Waals surface area contributed by atoms with Crippen molar-refractivity contribution in [3.63, 3.8) is 0 Å². The molecule has 196 valence electrons. The van der Waals surface area contributed by atoms with E-state index in [1.54, 1.807) is 27.8 Å². The molecule has 3 aromatic rings. The molecule has 38 heavy (non-hydrogen) atoms. The number of hydrogen-bond donors (Lipinski definition) is 3. The summed E-state index contributed by atoms with van der Waals surface area (Å²) in [4.78, 5) is 43.4. The minimum Gasteiger partial charge on any atom is -0.494 e. The Kier molecular flexibility index (Phi) is 5.76. The van der Waals surface area contributed by atoms with Crippen molar-refractivity contribution in [2.75, 3.05) is 31.3 Å². The van der Waals surface area contributed by atoms with Gasteiger partial charge in [0, 0.05) is 29.6 Å². The van der Waals surface area contributed by atoms with Gasteiger partial charge in [0.2, 0.25) is 11.8 Å². The normalized spacial score (nSPS) is 15.8. The molecule has 3 amide bonds. The highest BCUT2D eigenvalue weighted by molar-refractivity contribution is 6.00. The van der Waals surface area contributed by atoms with E-state index in [4.69, 9.17) is 8.85 Å². The number of carbonyl (C=O) groups is 3. The summed E-state index contributed by atoms with van der Waals surface area (Å²) in [7, 11) is 1.46. The van der Waals surface area contributed by atoms with Crippen LogP contribution in [-0.4, -0.2) is 68.2 Å². The fourth-order valence-corrected chi connectivity index (χ4v) is 4.09. The lowest BCUT2D eigenvalue weighted by atomic mass is 10.1. The minimum atomic E-state index is -2.76. The molecule has 0 radical (unpaired) electrons. The molecule has 1 aliphatic heterocycles. The van der Waals surface area contributed by atoms with E-state index in [9.17, 15) is 14.4 Å². The fraction of sp³-hybridized carbons (Fsp3) is 0.320. The number of anilines is 3. The van der Waals surface area contributed by atoms with Crippen LogP contribution in [0.25, 0.3) is 11.4 Å². The molecule has 0 saturated heterocycles. The van der Waals surface area contributed by atoms with Gasteiger partial charge in [0.25, 0.3) is 5.91 Å². The Hall–Kier alpha value is -4.81. The maximum absolute atomic E-state index is 12.8. The number of aromatic nitrogens is 5. The average Bonchev–Trinajstić information content (AvgIpc) is 3.70. The van der Waals surface area contributed by atoms with Crippen molar-refractivity contribution >= 4 is 34.9 Å². The molecular weight excluding hydrogens is 490 g/mol. The molecule has 1 fully saturated rings. The van der Waals surface area contributed by atoms with Crippen molar-refractivity contribution in [3.8, 4) is 17.1 Å². The van der Waals surface area contributed by atoms with E-state index < -0.39 is 12.9 Å². The molecule has 13 heteroatoms. The SMILES string of the molecule is [2H]C([2H])([2H])NC(=O)c1nnc(NC(=O)C2CC2)cc1Nc1cccc(-c2nc3n(n2)CCN(C(=O)C=C)C3)c1OC. The molecule has 1 saturated carbocycles. The van der Waals surface area contributed by atoms with Crippen molar-refractivity contribution < 1.29 is 23.2 Å². The highest BCUT2D eigenvalue weighted by Gasteiger charge is 2.30. The number of para-hydroxylation sites is 1. The molecule has 1 aromatic carbocycles. The molecule has 2 aliphatic rings. The Balaban J connectivity index is 1.48. The van der Waals surface area contributed by atoms with Gasteiger partial charge in [-0.1, -0.05) is 12.6 Å². The maximum Gasteiger partial charge on any atom is 0.273 e. The van der Waals surface area contributed by atoms with Crippen molar-refractivity contribution in [2.45, 2.75) is 25.9 Å². The van der Waals surface area contributed by atoms with Crippen molar-refractivity contribution in [1.29, 1.82) is 0 Å². The molecule has 3 heterocycles. The predicted molar refractivity (Wildman–Crippen MR) is 138 cm³/mol. The van der Waals surface area contributed by atoms with Gasteiger partial charge in [0.15, 0.2) is 23.1 Å². The molecule has 0 bridgehead atoms. The number of methoxy groups -OCH3 is 1. The second-order valence-corrected chi connectivity index (χ2v) is 8.76. The van der Waals surface area contributed by atoms with Gasteiger partial charge < -0.3 is 25.6 Å². The van der Waals surface area contributed by atoms with Crippen LogP contribution in [0.5, 0.6) is 5.75 Å². The molecule has 5 rings (SSSR count). The lowest BCUT2D eigenvalue weighted by Gasteiger charge is -2.25. The number of nitrogens with zero attached hydrogens (tertiary/aromatic N) is 6. The highest BCUT2D eigenvalue weighted by atomic mass is 16.5. The number of amides is 3. The third-order valence-corrected chi connectivity index (χ3v) is 6.20. The first-order chi connectivity index (χ1) is 19.6. The van der Waals surface area contributed by atoms with Gasteiger partial charge in [0.05, 0.1) is 37.1 Å². The van der Waals surface area contributed by atoms with E-state index in [1.807, 2.05) is 5.32 Å². The van der Waals surface area contributed by atoms with Crippen LogP contribution in [-0.2, 0) is 22.7 Å². The van der Waals surface area contributed by atoms with Gasteiger partial charge in [-0.15, -0.1) is 10.2 Å². The topological polar surface area (TPSA) is 156 Å². The summed E-state index contributed by atoms with van der Waals surface area (Å²) in [6.07, 6.45) is 2.82. The Morgan fingerprint density at radius 1 is 1.21 bits per heavy atom. The second-order valence-electron chi connectivity index (χ2n) is 8.76.